The molecule has 0 aliphatic heterocycles. The van der Waals surface area contributed by atoms with E-state index in [1.165, 1.54) is 38.5 Å². The summed E-state index contributed by atoms with van der Waals surface area (Å²) in [5.41, 5.74) is 5.04. The van der Waals surface area contributed by atoms with Crippen LogP contribution < -0.4 is 11.1 Å². The summed E-state index contributed by atoms with van der Waals surface area (Å²) in [6.07, 6.45) is 8.70. The molecule has 4 nitrogen and oxygen atoms in total. The number of carbonyl (C=O) groups excluding carboxylic acids is 1. The molecule has 1 unspecified atom stereocenters. The summed E-state index contributed by atoms with van der Waals surface area (Å²) in [6, 6.07) is 0.512. The van der Waals surface area contributed by atoms with Crippen LogP contribution in [-0.2, 0) is 4.79 Å². The van der Waals surface area contributed by atoms with E-state index in [0.717, 1.165) is 25.4 Å². The number of primary amides is 1. The average molecular weight is 267 g/mol. The minimum absolute atomic E-state index is 0.214. The molecule has 2 saturated carbocycles. The van der Waals surface area contributed by atoms with Gasteiger partial charge in [-0.2, -0.15) is 0 Å². The molecule has 110 valence electrons. The van der Waals surface area contributed by atoms with Crippen molar-refractivity contribution in [1.82, 2.24) is 10.2 Å². The highest BCUT2D eigenvalue weighted by Crippen LogP contribution is 2.26. The van der Waals surface area contributed by atoms with Gasteiger partial charge in [0.1, 0.15) is 0 Å². The molecule has 0 aromatic heterocycles. The molecule has 2 aliphatic carbocycles. The predicted octanol–water partition coefficient (Wildman–Crippen LogP) is 1.49. The van der Waals surface area contributed by atoms with E-state index >= 15 is 0 Å². The zero-order chi connectivity index (χ0) is 13.9. The summed E-state index contributed by atoms with van der Waals surface area (Å²) in [5.74, 6) is 0.648. The van der Waals surface area contributed by atoms with Crippen molar-refractivity contribution in [3.63, 3.8) is 0 Å². The highest BCUT2D eigenvalue weighted by atomic mass is 16.1. The van der Waals surface area contributed by atoms with Crippen LogP contribution in [0, 0.1) is 5.92 Å². The van der Waals surface area contributed by atoms with Crippen molar-refractivity contribution in [2.45, 2.75) is 63.5 Å². The lowest BCUT2D eigenvalue weighted by Gasteiger charge is -2.30. The maximum atomic E-state index is 11.7. The Morgan fingerprint density at radius 1 is 1.32 bits per heavy atom. The van der Waals surface area contributed by atoms with Crippen molar-refractivity contribution in [3.8, 4) is 0 Å². The number of nitrogens with one attached hydrogen (secondary N) is 1. The van der Waals surface area contributed by atoms with Crippen molar-refractivity contribution in [3.05, 3.63) is 0 Å². The molecule has 3 N–H and O–H groups in total. The molecule has 1 amide bonds. The Bertz CT molecular complexity index is 311. The molecule has 0 spiro atoms. The van der Waals surface area contributed by atoms with Gasteiger partial charge in [0.15, 0.2) is 0 Å². The SMILES string of the molecule is CN(CCC(C)(NC1CC1)C(N)=O)CC1CCCC1. The van der Waals surface area contributed by atoms with Crippen LogP contribution >= 0.6 is 0 Å². The lowest BCUT2D eigenvalue weighted by molar-refractivity contribution is -0.124. The summed E-state index contributed by atoms with van der Waals surface area (Å²) < 4.78 is 0. The van der Waals surface area contributed by atoms with Crippen LogP contribution in [0.3, 0.4) is 0 Å². The summed E-state index contributed by atoms with van der Waals surface area (Å²) in [4.78, 5) is 14.0. The first-order valence-corrected chi connectivity index (χ1v) is 7.76. The molecule has 0 aromatic rings. The lowest BCUT2D eigenvalue weighted by Crippen LogP contribution is -2.55. The zero-order valence-corrected chi connectivity index (χ0v) is 12.5. The third-order valence-corrected chi connectivity index (χ3v) is 4.68. The average Bonchev–Trinajstić information content (AvgIpc) is 3.00. The standard InChI is InChI=1S/C15H29N3O/c1-15(14(16)19,17-13-7-8-13)9-10-18(2)11-12-5-3-4-6-12/h12-13,17H,3-11H2,1-2H3,(H2,16,19). The van der Waals surface area contributed by atoms with E-state index in [-0.39, 0.29) is 5.91 Å². The molecular formula is C15H29N3O. The number of carbonyl (C=O) groups is 1. The maximum absolute atomic E-state index is 11.7. The first-order valence-electron chi connectivity index (χ1n) is 7.76. The maximum Gasteiger partial charge on any atom is 0.237 e. The number of nitrogens with two attached hydrogens (primary N) is 1. The van der Waals surface area contributed by atoms with Gasteiger partial charge in [-0.25, -0.2) is 0 Å². The van der Waals surface area contributed by atoms with Crippen LogP contribution in [0.25, 0.3) is 0 Å². The number of amides is 1. The van der Waals surface area contributed by atoms with Gasteiger partial charge in [-0.1, -0.05) is 12.8 Å². The number of rotatable bonds is 8. The fourth-order valence-electron chi connectivity index (χ4n) is 3.08. The van der Waals surface area contributed by atoms with Crippen molar-refractivity contribution in [2.75, 3.05) is 20.1 Å². The second kappa shape index (κ2) is 6.23. The van der Waals surface area contributed by atoms with E-state index < -0.39 is 5.54 Å². The molecule has 4 heteroatoms. The van der Waals surface area contributed by atoms with E-state index in [2.05, 4.69) is 17.3 Å². The van der Waals surface area contributed by atoms with Gasteiger partial charge >= 0.3 is 0 Å². The van der Waals surface area contributed by atoms with E-state index in [9.17, 15) is 4.79 Å². The van der Waals surface area contributed by atoms with Crippen LogP contribution in [-0.4, -0.2) is 42.5 Å². The fraction of sp³-hybridized carbons (Fsp3) is 0.933. The van der Waals surface area contributed by atoms with Gasteiger partial charge < -0.3 is 16.0 Å². The van der Waals surface area contributed by atoms with Crippen LogP contribution in [0.2, 0.25) is 0 Å². The molecule has 0 radical (unpaired) electrons. The van der Waals surface area contributed by atoms with E-state index in [4.69, 9.17) is 5.73 Å². The monoisotopic (exact) mass is 267 g/mol. The number of hydrogen-bond donors (Lipinski definition) is 2. The van der Waals surface area contributed by atoms with Gasteiger partial charge in [-0.05, 0) is 52.0 Å². The molecule has 0 saturated heterocycles. The molecule has 2 fully saturated rings. The molecule has 19 heavy (non-hydrogen) atoms. The lowest BCUT2D eigenvalue weighted by atomic mass is 9.96. The molecule has 1 atom stereocenters. The van der Waals surface area contributed by atoms with Gasteiger partial charge in [0.2, 0.25) is 5.91 Å². The van der Waals surface area contributed by atoms with Crippen molar-refractivity contribution in [1.29, 1.82) is 0 Å². The zero-order valence-electron chi connectivity index (χ0n) is 12.5. The Balaban J connectivity index is 1.75. The fourth-order valence-corrected chi connectivity index (χ4v) is 3.08. The third kappa shape index (κ3) is 4.46. The second-order valence-electron chi connectivity index (χ2n) is 6.78. The van der Waals surface area contributed by atoms with E-state index in [1.54, 1.807) is 0 Å². The molecule has 0 bridgehead atoms. The van der Waals surface area contributed by atoms with Crippen molar-refractivity contribution >= 4 is 5.91 Å². The first kappa shape index (κ1) is 14.8. The third-order valence-electron chi connectivity index (χ3n) is 4.68. The largest absolute Gasteiger partial charge is 0.368 e. The Morgan fingerprint density at radius 3 is 2.47 bits per heavy atom. The Hall–Kier alpha value is -0.610. The van der Waals surface area contributed by atoms with Gasteiger partial charge in [0, 0.05) is 19.1 Å². The molecule has 0 aromatic carbocycles. The molecule has 0 heterocycles. The van der Waals surface area contributed by atoms with Crippen LogP contribution in [0.5, 0.6) is 0 Å². The minimum Gasteiger partial charge on any atom is -0.368 e. The van der Waals surface area contributed by atoms with Gasteiger partial charge in [-0.3, -0.25) is 4.79 Å². The summed E-state index contributed by atoms with van der Waals surface area (Å²) in [6.45, 7) is 4.06. The summed E-state index contributed by atoms with van der Waals surface area (Å²) >= 11 is 0. The van der Waals surface area contributed by atoms with Crippen LogP contribution in [0.4, 0.5) is 0 Å². The van der Waals surface area contributed by atoms with Gasteiger partial charge in [0.05, 0.1) is 5.54 Å². The predicted molar refractivity (Wildman–Crippen MR) is 77.8 cm³/mol. The van der Waals surface area contributed by atoms with Crippen molar-refractivity contribution in [2.24, 2.45) is 11.7 Å². The van der Waals surface area contributed by atoms with Gasteiger partial charge in [0.25, 0.3) is 0 Å². The Morgan fingerprint density at radius 2 is 1.95 bits per heavy atom. The highest BCUT2D eigenvalue weighted by molar-refractivity contribution is 5.84. The topological polar surface area (TPSA) is 58.4 Å². The summed E-state index contributed by atoms with van der Waals surface area (Å²) in [7, 11) is 2.16. The molecule has 2 aliphatic rings. The Labute approximate surface area is 117 Å². The van der Waals surface area contributed by atoms with Crippen LogP contribution in [0.15, 0.2) is 0 Å². The smallest absolute Gasteiger partial charge is 0.237 e. The first-order chi connectivity index (χ1) is 8.99. The quantitative estimate of drug-likeness (QED) is 0.700. The number of hydrogen-bond acceptors (Lipinski definition) is 3. The minimum atomic E-state index is -0.537. The van der Waals surface area contributed by atoms with Gasteiger partial charge in [-0.15, -0.1) is 0 Å². The molecule has 2 rings (SSSR count). The number of nitrogens with zero attached hydrogens (tertiary/aromatic N) is 1. The van der Waals surface area contributed by atoms with Crippen LogP contribution in [0.1, 0.15) is 51.9 Å². The van der Waals surface area contributed by atoms with E-state index in [1.807, 2.05) is 6.92 Å². The molecular weight excluding hydrogens is 238 g/mol. The Kier molecular flexibility index (Phi) is 4.85. The second-order valence-corrected chi connectivity index (χ2v) is 6.78. The van der Waals surface area contributed by atoms with E-state index in [0.29, 0.717) is 6.04 Å². The highest BCUT2D eigenvalue weighted by Gasteiger charge is 2.36. The normalized spacial score (nSPS) is 23.7. The van der Waals surface area contributed by atoms with Crippen molar-refractivity contribution < 1.29 is 4.79 Å². The summed E-state index contributed by atoms with van der Waals surface area (Å²) in [5, 5.41) is 3.41.